The van der Waals surface area contributed by atoms with E-state index in [0.29, 0.717) is 5.95 Å². The lowest BCUT2D eigenvalue weighted by Gasteiger charge is -2.13. The summed E-state index contributed by atoms with van der Waals surface area (Å²) in [6.07, 6.45) is 0. The maximum Gasteiger partial charge on any atom is 0.236 e. The minimum absolute atomic E-state index is 0.639. The molecular formula is C54H33N5. The molecule has 8 aromatic carbocycles. The molecule has 0 radical (unpaired) electrons. The van der Waals surface area contributed by atoms with Gasteiger partial charge in [0.2, 0.25) is 5.95 Å². The van der Waals surface area contributed by atoms with Gasteiger partial charge in [-0.3, -0.25) is 8.97 Å². The maximum atomic E-state index is 5.47. The second-order valence-corrected chi connectivity index (χ2v) is 15.4. The molecular weight excluding hydrogens is 719 g/mol. The van der Waals surface area contributed by atoms with E-state index in [4.69, 9.17) is 9.97 Å². The van der Waals surface area contributed by atoms with E-state index >= 15 is 0 Å². The molecule has 13 rings (SSSR count). The topological polar surface area (TPSA) is 40.0 Å². The molecule has 274 valence electrons. The summed E-state index contributed by atoms with van der Waals surface area (Å²) in [4.78, 5) is 10.8. The molecule has 0 atom stereocenters. The zero-order chi connectivity index (χ0) is 38.6. The molecule has 0 saturated carbocycles. The van der Waals surface area contributed by atoms with E-state index in [0.717, 1.165) is 61.0 Å². The zero-order valence-corrected chi connectivity index (χ0v) is 31.8. The molecule has 0 aliphatic heterocycles. The largest absolute Gasteiger partial charge is 0.309 e. The van der Waals surface area contributed by atoms with Crippen LogP contribution in [0.1, 0.15) is 0 Å². The number of benzene rings is 8. The zero-order valence-electron chi connectivity index (χ0n) is 31.8. The van der Waals surface area contributed by atoms with Crippen LogP contribution in [0.25, 0.3) is 116 Å². The highest BCUT2D eigenvalue weighted by Crippen LogP contribution is 2.43. The molecule has 5 aromatic heterocycles. The Hall–Kier alpha value is -8.02. The van der Waals surface area contributed by atoms with E-state index in [9.17, 15) is 0 Å². The molecule has 5 heterocycles. The Bertz CT molecular complexity index is 3830. The van der Waals surface area contributed by atoms with E-state index in [1.807, 2.05) is 0 Å². The first-order valence-electron chi connectivity index (χ1n) is 20.1. The van der Waals surface area contributed by atoms with Crippen molar-refractivity contribution in [2.45, 2.75) is 0 Å². The van der Waals surface area contributed by atoms with E-state index in [-0.39, 0.29) is 0 Å². The Labute approximate surface area is 338 Å². The summed E-state index contributed by atoms with van der Waals surface area (Å²) < 4.78 is 7.10. The number of nitrogens with zero attached hydrogens (tertiary/aromatic N) is 5. The predicted octanol–water partition coefficient (Wildman–Crippen LogP) is 13.7. The summed E-state index contributed by atoms with van der Waals surface area (Å²) in [7, 11) is 0. The lowest BCUT2D eigenvalue weighted by atomic mass is 9.99. The first-order valence-corrected chi connectivity index (χ1v) is 20.1. The van der Waals surface area contributed by atoms with Crippen LogP contribution in [0.15, 0.2) is 200 Å². The van der Waals surface area contributed by atoms with Crippen molar-refractivity contribution in [2.75, 3.05) is 0 Å². The highest BCUT2D eigenvalue weighted by Gasteiger charge is 2.24. The SMILES string of the molecule is c1ccc(-c2nc(-n3c4ccc(-c5ccc6c(c5)c5ccccc5n6-c5ccccc5)cc4c4c5ccccc5c5cc6ccccc6n5c43)nc3ccccc23)cc1. The minimum atomic E-state index is 0.639. The highest BCUT2D eigenvalue weighted by molar-refractivity contribution is 6.25. The molecule has 0 spiro atoms. The van der Waals surface area contributed by atoms with Gasteiger partial charge in [-0.25, -0.2) is 9.97 Å². The van der Waals surface area contributed by atoms with Gasteiger partial charge in [-0.1, -0.05) is 140 Å². The Balaban J connectivity index is 1.15. The maximum absolute atomic E-state index is 5.47. The van der Waals surface area contributed by atoms with Crippen LogP contribution >= 0.6 is 0 Å². The number of fused-ring (bicyclic) bond motifs is 14. The van der Waals surface area contributed by atoms with Gasteiger partial charge >= 0.3 is 0 Å². The summed E-state index contributed by atoms with van der Waals surface area (Å²) in [5.74, 6) is 0.639. The monoisotopic (exact) mass is 751 g/mol. The normalized spacial score (nSPS) is 12.1. The van der Waals surface area contributed by atoms with E-state index < -0.39 is 0 Å². The van der Waals surface area contributed by atoms with E-state index in [1.165, 1.54) is 48.9 Å². The molecule has 0 amide bonds. The van der Waals surface area contributed by atoms with Crippen molar-refractivity contribution in [3.05, 3.63) is 200 Å². The van der Waals surface area contributed by atoms with Gasteiger partial charge < -0.3 is 4.57 Å². The van der Waals surface area contributed by atoms with Crippen molar-refractivity contribution < 1.29 is 0 Å². The molecule has 0 bridgehead atoms. The molecule has 0 fully saturated rings. The Morgan fingerprint density at radius 1 is 0.339 bits per heavy atom. The highest BCUT2D eigenvalue weighted by atomic mass is 15.2. The average Bonchev–Trinajstić information content (AvgIpc) is 3.97. The number of hydrogen-bond acceptors (Lipinski definition) is 2. The lowest BCUT2D eigenvalue weighted by Crippen LogP contribution is -2.06. The molecule has 59 heavy (non-hydrogen) atoms. The fraction of sp³-hybridized carbons (Fsp3) is 0. The molecule has 0 aliphatic carbocycles. The predicted molar refractivity (Wildman–Crippen MR) is 245 cm³/mol. The number of para-hydroxylation sites is 4. The summed E-state index contributed by atoms with van der Waals surface area (Å²) in [5.41, 5.74) is 13.1. The fourth-order valence-corrected chi connectivity index (χ4v) is 9.63. The average molecular weight is 752 g/mol. The van der Waals surface area contributed by atoms with Crippen LogP contribution in [-0.4, -0.2) is 23.5 Å². The van der Waals surface area contributed by atoms with E-state index in [2.05, 4.69) is 214 Å². The summed E-state index contributed by atoms with van der Waals surface area (Å²) in [5, 5.41) is 9.41. The molecule has 13 aromatic rings. The van der Waals surface area contributed by atoms with Gasteiger partial charge in [-0.15, -0.1) is 0 Å². The van der Waals surface area contributed by atoms with Gasteiger partial charge in [0.15, 0.2) is 0 Å². The standard InChI is InChI=1S/C54H33N5/c1-3-15-34(16-4-1)52-42-23-10-12-24-45(42)55-54(56-52)59-49-30-28-36(35-27-29-48-43(31-35)40-21-11-14-26-47(40)57(48)38-18-5-2-6-19-38)32-44(49)51-41-22-9-8-20-39(41)50-33-37-17-7-13-25-46(37)58(50)53(51)59/h1-33H. The van der Waals surface area contributed by atoms with Crippen LogP contribution in [0.5, 0.6) is 0 Å². The van der Waals surface area contributed by atoms with Crippen LogP contribution in [0.4, 0.5) is 0 Å². The van der Waals surface area contributed by atoms with Crippen molar-refractivity contribution in [1.82, 2.24) is 23.5 Å². The summed E-state index contributed by atoms with van der Waals surface area (Å²) in [6.45, 7) is 0. The van der Waals surface area contributed by atoms with E-state index in [1.54, 1.807) is 0 Å². The fourth-order valence-electron chi connectivity index (χ4n) is 9.63. The van der Waals surface area contributed by atoms with Crippen molar-refractivity contribution in [3.8, 4) is 34.0 Å². The van der Waals surface area contributed by atoms with Gasteiger partial charge in [0.25, 0.3) is 0 Å². The minimum Gasteiger partial charge on any atom is -0.309 e. The smallest absolute Gasteiger partial charge is 0.236 e. The second kappa shape index (κ2) is 12.2. The van der Waals surface area contributed by atoms with Gasteiger partial charge in [0.1, 0.15) is 5.65 Å². The third kappa shape index (κ3) is 4.61. The number of aromatic nitrogens is 5. The lowest BCUT2D eigenvalue weighted by molar-refractivity contribution is 0.992. The van der Waals surface area contributed by atoms with Crippen LogP contribution in [0.3, 0.4) is 0 Å². The molecule has 0 aliphatic rings. The van der Waals surface area contributed by atoms with Crippen molar-refractivity contribution in [2.24, 2.45) is 0 Å². The van der Waals surface area contributed by atoms with Crippen LogP contribution in [0.2, 0.25) is 0 Å². The van der Waals surface area contributed by atoms with Gasteiger partial charge in [-0.05, 0) is 77.2 Å². The number of hydrogen-bond donors (Lipinski definition) is 0. The number of pyridine rings is 1. The summed E-state index contributed by atoms with van der Waals surface area (Å²) >= 11 is 0. The Morgan fingerprint density at radius 2 is 0.915 bits per heavy atom. The van der Waals surface area contributed by atoms with Gasteiger partial charge in [-0.2, -0.15) is 0 Å². The molecule has 5 heteroatoms. The van der Waals surface area contributed by atoms with Crippen molar-refractivity contribution in [3.63, 3.8) is 0 Å². The second-order valence-electron chi connectivity index (χ2n) is 15.4. The Morgan fingerprint density at radius 3 is 1.69 bits per heavy atom. The van der Waals surface area contributed by atoms with Crippen LogP contribution < -0.4 is 0 Å². The molecule has 0 N–H and O–H groups in total. The van der Waals surface area contributed by atoms with Gasteiger partial charge in [0.05, 0.1) is 38.8 Å². The first kappa shape index (κ1) is 32.1. The van der Waals surface area contributed by atoms with Crippen molar-refractivity contribution in [1.29, 1.82) is 0 Å². The quantitative estimate of drug-likeness (QED) is 0.180. The van der Waals surface area contributed by atoms with Crippen LogP contribution in [0, 0.1) is 0 Å². The molecule has 5 nitrogen and oxygen atoms in total. The van der Waals surface area contributed by atoms with Crippen molar-refractivity contribution >= 4 is 81.8 Å². The van der Waals surface area contributed by atoms with Gasteiger partial charge in [0, 0.05) is 49.0 Å². The third-order valence-corrected chi connectivity index (χ3v) is 12.2. The van der Waals surface area contributed by atoms with Crippen LogP contribution in [-0.2, 0) is 0 Å². The first-order chi connectivity index (χ1) is 29.3. The Kier molecular flexibility index (Phi) is 6.66. The summed E-state index contributed by atoms with van der Waals surface area (Å²) in [6, 6.07) is 71.9. The molecule has 0 unspecified atom stereocenters. The third-order valence-electron chi connectivity index (χ3n) is 12.2. The molecule has 0 saturated heterocycles. The number of rotatable bonds is 4.